The molecule has 0 aromatic carbocycles. The van der Waals surface area contributed by atoms with Crippen molar-refractivity contribution in [2.45, 2.75) is 66.0 Å². The van der Waals surface area contributed by atoms with Crippen LogP contribution in [-0.4, -0.2) is 24.7 Å². The second kappa shape index (κ2) is 8.57. The minimum absolute atomic E-state index is 0.113. The molecule has 0 aromatic heterocycles. The van der Waals surface area contributed by atoms with Gasteiger partial charge in [0.25, 0.3) is 0 Å². The Hall–Kier alpha value is -0.570. The maximum absolute atomic E-state index is 11.3. The van der Waals surface area contributed by atoms with E-state index < -0.39 is 0 Å². The van der Waals surface area contributed by atoms with Crippen LogP contribution in [0.1, 0.15) is 53.9 Å². The van der Waals surface area contributed by atoms with Crippen LogP contribution >= 0.6 is 0 Å². The SMILES string of the molecule is CCOC(=O)CC(C)NC(C)CC(C)CC. The molecule has 3 heteroatoms. The van der Waals surface area contributed by atoms with Crippen molar-refractivity contribution in [1.29, 1.82) is 0 Å². The van der Waals surface area contributed by atoms with Crippen molar-refractivity contribution in [1.82, 2.24) is 5.32 Å². The summed E-state index contributed by atoms with van der Waals surface area (Å²) in [6.07, 6.45) is 2.82. The second-order valence-electron chi connectivity index (χ2n) is 4.73. The lowest BCUT2D eigenvalue weighted by atomic mass is 10.00. The Morgan fingerprint density at radius 3 is 2.31 bits per heavy atom. The maximum atomic E-state index is 11.3. The molecule has 3 unspecified atom stereocenters. The van der Waals surface area contributed by atoms with E-state index in [4.69, 9.17) is 4.74 Å². The maximum Gasteiger partial charge on any atom is 0.307 e. The minimum Gasteiger partial charge on any atom is -0.466 e. The first-order valence-electron chi connectivity index (χ1n) is 6.41. The zero-order chi connectivity index (χ0) is 12.6. The molecular formula is C13H27NO2. The summed E-state index contributed by atoms with van der Waals surface area (Å²) in [5.74, 6) is 0.621. The Morgan fingerprint density at radius 2 is 1.81 bits per heavy atom. The molecule has 0 bridgehead atoms. The van der Waals surface area contributed by atoms with Crippen LogP contribution in [0, 0.1) is 5.92 Å². The summed E-state index contributed by atoms with van der Waals surface area (Å²) in [4.78, 5) is 11.3. The van der Waals surface area contributed by atoms with Crippen molar-refractivity contribution in [3.8, 4) is 0 Å². The van der Waals surface area contributed by atoms with E-state index in [1.165, 1.54) is 6.42 Å². The Morgan fingerprint density at radius 1 is 1.19 bits per heavy atom. The number of carbonyl (C=O) groups excluding carboxylic acids is 1. The van der Waals surface area contributed by atoms with E-state index in [1.54, 1.807) is 0 Å². The van der Waals surface area contributed by atoms with E-state index in [0.29, 0.717) is 19.1 Å². The molecule has 3 atom stereocenters. The van der Waals surface area contributed by atoms with E-state index in [-0.39, 0.29) is 12.0 Å². The van der Waals surface area contributed by atoms with Crippen molar-refractivity contribution in [3.63, 3.8) is 0 Å². The first-order chi connectivity index (χ1) is 7.49. The third kappa shape index (κ3) is 7.69. The van der Waals surface area contributed by atoms with Gasteiger partial charge in [0.1, 0.15) is 0 Å². The molecule has 0 saturated carbocycles. The Bertz CT molecular complexity index is 194. The van der Waals surface area contributed by atoms with Gasteiger partial charge in [-0.2, -0.15) is 0 Å². The van der Waals surface area contributed by atoms with Crippen LogP contribution in [0.2, 0.25) is 0 Å². The topological polar surface area (TPSA) is 38.3 Å². The quantitative estimate of drug-likeness (QED) is 0.650. The van der Waals surface area contributed by atoms with Gasteiger partial charge in [-0.3, -0.25) is 4.79 Å². The summed E-state index contributed by atoms with van der Waals surface area (Å²) in [7, 11) is 0. The van der Waals surface area contributed by atoms with Crippen molar-refractivity contribution >= 4 is 5.97 Å². The third-order valence-corrected chi connectivity index (χ3v) is 2.80. The number of rotatable bonds is 8. The molecule has 0 aliphatic rings. The molecule has 0 fully saturated rings. The summed E-state index contributed by atoms with van der Waals surface area (Å²) in [5.41, 5.74) is 0. The van der Waals surface area contributed by atoms with Gasteiger partial charge in [-0.05, 0) is 33.1 Å². The highest BCUT2D eigenvalue weighted by molar-refractivity contribution is 5.69. The van der Waals surface area contributed by atoms with E-state index in [1.807, 2.05) is 13.8 Å². The Balaban J connectivity index is 3.77. The Labute approximate surface area is 99.9 Å². The van der Waals surface area contributed by atoms with Crippen LogP contribution in [0.5, 0.6) is 0 Å². The van der Waals surface area contributed by atoms with Crippen molar-refractivity contribution in [3.05, 3.63) is 0 Å². The first kappa shape index (κ1) is 15.4. The largest absolute Gasteiger partial charge is 0.466 e. The molecule has 96 valence electrons. The zero-order valence-corrected chi connectivity index (χ0v) is 11.4. The fourth-order valence-corrected chi connectivity index (χ4v) is 1.85. The van der Waals surface area contributed by atoms with Gasteiger partial charge in [-0.15, -0.1) is 0 Å². The summed E-state index contributed by atoms with van der Waals surface area (Å²) in [6, 6.07) is 0.650. The predicted molar refractivity (Wildman–Crippen MR) is 67.4 cm³/mol. The molecule has 0 saturated heterocycles. The standard InChI is InChI=1S/C13H27NO2/c1-6-10(3)8-11(4)14-12(5)9-13(15)16-7-2/h10-12,14H,6-9H2,1-5H3. The molecule has 0 radical (unpaired) electrons. The van der Waals surface area contributed by atoms with E-state index in [2.05, 4.69) is 26.1 Å². The van der Waals surface area contributed by atoms with Crippen LogP contribution in [0.25, 0.3) is 0 Å². The van der Waals surface area contributed by atoms with Crippen molar-refractivity contribution in [2.75, 3.05) is 6.61 Å². The minimum atomic E-state index is -0.113. The molecule has 0 heterocycles. The summed E-state index contributed by atoms with van der Waals surface area (Å²) in [6.45, 7) is 11.0. The van der Waals surface area contributed by atoms with E-state index in [9.17, 15) is 4.79 Å². The van der Waals surface area contributed by atoms with Gasteiger partial charge in [0.15, 0.2) is 0 Å². The molecule has 0 aliphatic heterocycles. The Kier molecular flexibility index (Phi) is 8.26. The fourth-order valence-electron chi connectivity index (χ4n) is 1.85. The average molecular weight is 229 g/mol. The molecule has 3 nitrogen and oxygen atoms in total. The van der Waals surface area contributed by atoms with Crippen LogP contribution in [-0.2, 0) is 9.53 Å². The normalized spacial score (nSPS) is 16.6. The van der Waals surface area contributed by atoms with Crippen molar-refractivity contribution < 1.29 is 9.53 Å². The van der Waals surface area contributed by atoms with Gasteiger partial charge in [0, 0.05) is 12.1 Å². The van der Waals surface area contributed by atoms with Crippen LogP contribution in [0.3, 0.4) is 0 Å². The molecule has 1 N–H and O–H groups in total. The highest BCUT2D eigenvalue weighted by Crippen LogP contribution is 2.10. The monoisotopic (exact) mass is 229 g/mol. The fraction of sp³-hybridized carbons (Fsp3) is 0.923. The lowest BCUT2D eigenvalue weighted by Crippen LogP contribution is -2.37. The van der Waals surface area contributed by atoms with Gasteiger partial charge in [0.05, 0.1) is 13.0 Å². The summed E-state index contributed by atoms with van der Waals surface area (Å²) < 4.78 is 4.92. The van der Waals surface area contributed by atoms with Crippen molar-refractivity contribution in [2.24, 2.45) is 5.92 Å². The molecule has 0 spiro atoms. The molecule has 16 heavy (non-hydrogen) atoms. The molecule has 0 aliphatic carbocycles. The summed E-state index contributed by atoms with van der Waals surface area (Å²) in [5, 5.41) is 3.43. The molecule has 0 aromatic rings. The number of nitrogens with one attached hydrogen (secondary N) is 1. The molecule has 0 amide bonds. The van der Waals surface area contributed by atoms with Crippen LogP contribution < -0.4 is 5.32 Å². The predicted octanol–water partition coefficient (Wildman–Crippen LogP) is 2.74. The smallest absolute Gasteiger partial charge is 0.307 e. The lowest BCUT2D eigenvalue weighted by molar-refractivity contribution is -0.143. The highest BCUT2D eigenvalue weighted by Gasteiger charge is 2.13. The average Bonchev–Trinajstić information content (AvgIpc) is 2.16. The van der Waals surface area contributed by atoms with Gasteiger partial charge < -0.3 is 10.1 Å². The number of hydrogen-bond donors (Lipinski definition) is 1. The molecule has 0 rings (SSSR count). The second-order valence-corrected chi connectivity index (χ2v) is 4.73. The van der Waals surface area contributed by atoms with Crippen LogP contribution in [0.15, 0.2) is 0 Å². The van der Waals surface area contributed by atoms with Gasteiger partial charge in [0.2, 0.25) is 0 Å². The number of ether oxygens (including phenoxy) is 1. The van der Waals surface area contributed by atoms with Crippen LogP contribution in [0.4, 0.5) is 0 Å². The highest BCUT2D eigenvalue weighted by atomic mass is 16.5. The lowest BCUT2D eigenvalue weighted by Gasteiger charge is -2.21. The van der Waals surface area contributed by atoms with E-state index >= 15 is 0 Å². The van der Waals surface area contributed by atoms with Gasteiger partial charge in [-0.1, -0.05) is 20.3 Å². The van der Waals surface area contributed by atoms with E-state index in [0.717, 1.165) is 12.3 Å². The first-order valence-corrected chi connectivity index (χ1v) is 6.41. The van der Waals surface area contributed by atoms with Gasteiger partial charge in [-0.25, -0.2) is 0 Å². The number of hydrogen-bond acceptors (Lipinski definition) is 3. The summed E-state index contributed by atoms with van der Waals surface area (Å²) >= 11 is 0. The number of carbonyl (C=O) groups is 1. The zero-order valence-electron chi connectivity index (χ0n) is 11.4. The number of esters is 1. The molecular weight excluding hydrogens is 202 g/mol. The van der Waals surface area contributed by atoms with Gasteiger partial charge >= 0.3 is 5.97 Å². The third-order valence-electron chi connectivity index (χ3n) is 2.80.